The molecule has 0 saturated heterocycles. The molecule has 0 radical (unpaired) electrons. The Labute approximate surface area is 134 Å². The van der Waals surface area contributed by atoms with Crippen LogP contribution in [0.25, 0.3) is 6.08 Å². The van der Waals surface area contributed by atoms with Crippen LogP contribution >= 0.6 is 15.9 Å². The van der Waals surface area contributed by atoms with E-state index in [1.807, 2.05) is 18.2 Å². The molecule has 1 rings (SSSR count). The minimum Gasteiger partial charge on any atom is -0.478 e. The second kappa shape index (κ2) is 8.85. The van der Waals surface area contributed by atoms with E-state index in [1.54, 1.807) is 13.2 Å². The molecule has 5 heteroatoms. The zero-order valence-corrected chi connectivity index (χ0v) is 14.3. The molecule has 0 saturated carbocycles. The highest BCUT2D eigenvalue weighted by Gasteiger charge is 2.12. The largest absolute Gasteiger partial charge is 0.478 e. The van der Waals surface area contributed by atoms with Crippen LogP contribution in [0.4, 0.5) is 5.69 Å². The second-order valence-electron chi connectivity index (χ2n) is 5.22. The Morgan fingerprint density at radius 3 is 2.71 bits per heavy atom. The maximum Gasteiger partial charge on any atom is 0.328 e. The van der Waals surface area contributed by atoms with Gasteiger partial charge in [0.05, 0.1) is 12.3 Å². The van der Waals surface area contributed by atoms with Crippen LogP contribution in [0.2, 0.25) is 0 Å². The van der Waals surface area contributed by atoms with Crippen molar-refractivity contribution in [3.05, 3.63) is 34.3 Å². The standard InChI is InChI=1S/C16H22BrNO3/c1-12(2)11-18(8-9-21-3)15-6-4-13(10-14(15)17)5-7-16(19)20/h4-7,10,12H,8-9,11H2,1-3H3,(H,19,20)/b7-5+. The number of benzene rings is 1. The molecular formula is C16H22BrNO3. The van der Waals surface area contributed by atoms with E-state index in [4.69, 9.17) is 9.84 Å². The second-order valence-corrected chi connectivity index (χ2v) is 6.07. The maximum absolute atomic E-state index is 10.6. The number of aliphatic carboxylic acids is 1. The molecule has 0 aliphatic carbocycles. The first-order valence-corrected chi connectivity index (χ1v) is 7.67. The zero-order valence-electron chi connectivity index (χ0n) is 12.7. The molecule has 0 unspecified atom stereocenters. The molecule has 0 atom stereocenters. The van der Waals surface area contributed by atoms with E-state index in [-0.39, 0.29) is 0 Å². The van der Waals surface area contributed by atoms with E-state index in [1.165, 1.54) is 0 Å². The number of methoxy groups -OCH3 is 1. The van der Waals surface area contributed by atoms with Crippen molar-refractivity contribution in [2.24, 2.45) is 5.92 Å². The van der Waals surface area contributed by atoms with Crippen LogP contribution in [0.15, 0.2) is 28.7 Å². The highest BCUT2D eigenvalue weighted by Crippen LogP contribution is 2.28. The average Bonchev–Trinajstić information content (AvgIpc) is 2.41. The van der Waals surface area contributed by atoms with Gasteiger partial charge in [0, 0.05) is 30.7 Å². The third kappa shape index (κ3) is 6.31. The molecule has 116 valence electrons. The quantitative estimate of drug-likeness (QED) is 0.723. The molecule has 0 aliphatic rings. The SMILES string of the molecule is COCCN(CC(C)C)c1ccc(/C=C/C(=O)O)cc1Br. The molecule has 0 heterocycles. The van der Waals surface area contributed by atoms with E-state index in [0.717, 1.165) is 34.9 Å². The highest BCUT2D eigenvalue weighted by atomic mass is 79.9. The van der Waals surface area contributed by atoms with Crippen molar-refractivity contribution in [1.82, 2.24) is 0 Å². The number of halogens is 1. The number of nitrogens with zero attached hydrogens (tertiary/aromatic N) is 1. The predicted octanol–water partition coefficient (Wildman–Crippen LogP) is 3.66. The minimum atomic E-state index is -0.947. The molecule has 4 nitrogen and oxygen atoms in total. The first-order valence-electron chi connectivity index (χ1n) is 6.88. The lowest BCUT2D eigenvalue weighted by molar-refractivity contribution is -0.131. The predicted molar refractivity (Wildman–Crippen MR) is 89.7 cm³/mol. The van der Waals surface area contributed by atoms with Gasteiger partial charge in [0.15, 0.2) is 0 Å². The molecule has 1 aromatic rings. The molecule has 0 fully saturated rings. The molecule has 0 bridgehead atoms. The van der Waals surface area contributed by atoms with Crippen molar-refractivity contribution >= 4 is 33.7 Å². The van der Waals surface area contributed by atoms with E-state index < -0.39 is 5.97 Å². The molecule has 21 heavy (non-hydrogen) atoms. The van der Waals surface area contributed by atoms with E-state index in [0.29, 0.717) is 12.5 Å². The monoisotopic (exact) mass is 355 g/mol. The van der Waals surface area contributed by atoms with E-state index in [9.17, 15) is 4.79 Å². The molecular weight excluding hydrogens is 334 g/mol. The molecule has 1 aromatic carbocycles. The van der Waals surface area contributed by atoms with Gasteiger partial charge in [-0.1, -0.05) is 19.9 Å². The van der Waals surface area contributed by atoms with Crippen molar-refractivity contribution in [3.8, 4) is 0 Å². The minimum absolute atomic E-state index is 0.542. The lowest BCUT2D eigenvalue weighted by atomic mass is 10.1. The summed E-state index contributed by atoms with van der Waals surface area (Å²) in [5.74, 6) is -0.405. The average molecular weight is 356 g/mol. The summed E-state index contributed by atoms with van der Waals surface area (Å²) < 4.78 is 6.12. The Balaban J connectivity index is 2.95. The van der Waals surface area contributed by atoms with Gasteiger partial charge in [0.25, 0.3) is 0 Å². The Hall–Kier alpha value is -1.33. The van der Waals surface area contributed by atoms with Crippen molar-refractivity contribution in [2.75, 3.05) is 31.7 Å². The fourth-order valence-electron chi connectivity index (χ4n) is 2.00. The summed E-state index contributed by atoms with van der Waals surface area (Å²) in [6, 6.07) is 5.85. The number of hydrogen-bond acceptors (Lipinski definition) is 3. The normalized spacial score (nSPS) is 11.3. The first-order chi connectivity index (χ1) is 9.93. The van der Waals surface area contributed by atoms with Gasteiger partial charge < -0.3 is 14.7 Å². The van der Waals surface area contributed by atoms with E-state index >= 15 is 0 Å². The lowest BCUT2D eigenvalue weighted by Gasteiger charge is -2.27. The van der Waals surface area contributed by atoms with Gasteiger partial charge in [-0.2, -0.15) is 0 Å². The number of anilines is 1. The lowest BCUT2D eigenvalue weighted by Crippen LogP contribution is -2.31. The summed E-state index contributed by atoms with van der Waals surface area (Å²) >= 11 is 3.57. The van der Waals surface area contributed by atoms with Crippen molar-refractivity contribution in [2.45, 2.75) is 13.8 Å². The van der Waals surface area contributed by atoms with Crippen LogP contribution in [0.3, 0.4) is 0 Å². The molecule has 0 aromatic heterocycles. The van der Waals surface area contributed by atoms with Gasteiger partial charge in [0.2, 0.25) is 0 Å². The smallest absolute Gasteiger partial charge is 0.328 e. The van der Waals surface area contributed by atoms with E-state index in [2.05, 4.69) is 34.7 Å². The summed E-state index contributed by atoms with van der Waals surface area (Å²) in [4.78, 5) is 12.8. The summed E-state index contributed by atoms with van der Waals surface area (Å²) in [6.07, 6.45) is 2.72. The Kier molecular flexibility index (Phi) is 7.47. The van der Waals surface area contributed by atoms with Crippen molar-refractivity contribution < 1.29 is 14.6 Å². The van der Waals surface area contributed by atoms with Crippen LogP contribution in [-0.4, -0.2) is 37.9 Å². The summed E-state index contributed by atoms with van der Waals surface area (Å²) in [6.45, 7) is 6.78. The fraction of sp³-hybridized carbons (Fsp3) is 0.438. The van der Waals surface area contributed by atoms with Crippen molar-refractivity contribution in [3.63, 3.8) is 0 Å². The Bertz CT molecular complexity index is 500. The third-order valence-corrected chi connectivity index (χ3v) is 3.52. The van der Waals surface area contributed by atoms with Crippen LogP contribution < -0.4 is 4.90 Å². The number of hydrogen-bond donors (Lipinski definition) is 1. The number of ether oxygens (including phenoxy) is 1. The first kappa shape index (κ1) is 17.7. The molecule has 0 spiro atoms. The van der Waals surface area contributed by atoms with Gasteiger partial charge in [-0.3, -0.25) is 0 Å². The number of carboxylic acid groups (broad SMARTS) is 1. The molecule has 0 aliphatic heterocycles. The third-order valence-electron chi connectivity index (χ3n) is 2.88. The van der Waals surface area contributed by atoms with Gasteiger partial charge in [-0.25, -0.2) is 4.79 Å². The number of carbonyl (C=O) groups is 1. The highest BCUT2D eigenvalue weighted by molar-refractivity contribution is 9.10. The van der Waals surface area contributed by atoms with Crippen LogP contribution in [-0.2, 0) is 9.53 Å². The van der Waals surface area contributed by atoms with Crippen molar-refractivity contribution in [1.29, 1.82) is 0 Å². The topological polar surface area (TPSA) is 49.8 Å². The molecule has 1 N–H and O–H groups in total. The van der Waals surface area contributed by atoms with Gasteiger partial charge >= 0.3 is 5.97 Å². The Morgan fingerprint density at radius 1 is 1.48 bits per heavy atom. The molecule has 0 amide bonds. The number of rotatable bonds is 8. The zero-order chi connectivity index (χ0) is 15.8. The van der Waals surface area contributed by atoms with Crippen LogP contribution in [0, 0.1) is 5.92 Å². The van der Waals surface area contributed by atoms with Crippen LogP contribution in [0.1, 0.15) is 19.4 Å². The van der Waals surface area contributed by atoms with Crippen LogP contribution in [0.5, 0.6) is 0 Å². The van der Waals surface area contributed by atoms with Gasteiger partial charge in [0.1, 0.15) is 0 Å². The van der Waals surface area contributed by atoms with Gasteiger partial charge in [-0.05, 0) is 45.6 Å². The summed E-state index contributed by atoms with van der Waals surface area (Å²) in [7, 11) is 1.70. The fourth-order valence-corrected chi connectivity index (χ4v) is 2.65. The summed E-state index contributed by atoms with van der Waals surface area (Å²) in [5, 5.41) is 8.66. The van der Waals surface area contributed by atoms with Gasteiger partial charge in [-0.15, -0.1) is 0 Å². The maximum atomic E-state index is 10.6. The number of carboxylic acids is 1. The summed E-state index contributed by atoms with van der Waals surface area (Å²) in [5.41, 5.74) is 1.94. The Morgan fingerprint density at radius 2 is 2.19 bits per heavy atom.